The average Bonchev–Trinajstić information content (AvgIpc) is 3.05. The van der Waals surface area contributed by atoms with Crippen molar-refractivity contribution in [3.8, 4) is 5.75 Å². The number of hydrogen-bond acceptors (Lipinski definition) is 4. The Morgan fingerprint density at radius 2 is 2.35 bits per heavy atom. The molecule has 0 spiro atoms. The van der Waals surface area contributed by atoms with E-state index in [2.05, 4.69) is 10.3 Å². The van der Waals surface area contributed by atoms with Gasteiger partial charge in [-0.15, -0.1) is 12.4 Å². The van der Waals surface area contributed by atoms with Gasteiger partial charge in [-0.1, -0.05) is 0 Å². The van der Waals surface area contributed by atoms with E-state index in [1.54, 1.807) is 6.07 Å². The van der Waals surface area contributed by atoms with Crippen LogP contribution < -0.4 is 15.8 Å². The van der Waals surface area contributed by atoms with Crippen molar-refractivity contribution in [2.75, 3.05) is 17.7 Å². The third-order valence-electron chi connectivity index (χ3n) is 2.40. The van der Waals surface area contributed by atoms with E-state index in [-0.39, 0.29) is 24.2 Å². The number of rotatable bonds is 4. The van der Waals surface area contributed by atoms with E-state index in [0.717, 1.165) is 12.8 Å². The minimum absolute atomic E-state index is 0. The molecule has 0 aromatic carbocycles. The van der Waals surface area contributed by atoms with Gasteiger partial charge >= 0.3 is 0 Å². The second-order valence-electron chi connectivity index (χ2n) is 3.80. The van der Waals surface area contributed by atoms with Crippen LogP contribution in [0.1, 0.15) is 19.8 Å². The van der Waals surface area contributed by atoms with Gasteiger partial charge in [0.25, 0.3) is 0 Å². The molecule has 0 aliphatic heterocycles. The van der Waals surface area contributed by atoms with Crippen LogP contribution in [-0.2, 0) is 4.79 Å². The minimum atomic E-state index is 0. The molecule has 0 unspecified atom stereocenters. The first-order valence-electron chi connectivity index (χ1n) is 5.40. The maximum Gasteiger partial charge on any atom is 0.228 e. The molecule has 0 atom stereocenters. The highest BCUT2D eigenvalue weighted by Gasteiger charge is 2.29. The monoisotopic (exact) mass is 257 g/mol. The molecule has 94 valence electrons. The lowest BCUT2D eigenvalue weighted by atomic mass is 10.3. The van der Waals surface area contributed by atoms with Crippen molar-refractivity contribution in [3.63, 3.8) is 0 Å². The summed E-state index contributed by atoms with van der Waals surface area (Å²) in [6, 6.07) is 1.62. The number of halogens is 1. The van der Waals surface area contributed by atoms with Gasteiger partial charge in [0, 0.05) is 12.0 Å². The van der Waals surface area contributed by atoms with E-state index >= 15 is 0 Å². The Morgan fingerprint density at radius 1 is 1.65 bits per heavy atom. The lowest BCUT2D eigenvalue weighted by Crippen LogP contribution is -2.14. The summed E-state index contributed by atoms with van der Waals surface area (Å²) in [4.78, 5) is 15.5. The summed E-state index contributed by atoms with van der Waals surface area (Å²) < 4.78 is 5.26. The van der Waals surface area contributed by atoms with E-state index < -0.39 is 0 Å². The second kappa shape index (κ2) is 5.72. The molecule has 17 heavy (non-hydrogen) atoms. The highest BCUT2D eigenvalue weighted by atomic mass is 35.5. The van der Waals surface area contributed by atoms with Gasteiger partial charge in [-0.3, -0.25) is 4.79 Å². The van der Waals surface area contributed by atoms with E-state index in [1.165, 1.54) is 6.20 Å². The maximum absolute atomic E-state index is 11.5. The largest absolute Gasteiger partial charge is 0.490 e. The summed E-state index contributed by atoms with van der Waals surface area (Å²) >= 11 is 0. The summed E-state index contributed by atoms with van der Waals surface area (Å²) in [6.07, 6.45) is 3.47. The third-order valence-corrected chi connectivity index (χ3v) is 2.40. The van der Waals surface area contributed by atoms with Crippen LogP contribution in [0.2, 0.25) is 0 Å². The zero-order valence-corrected chi connectivity index (χ0v) is 10.4. The van der Waals surface area contributed by atoms with Crippen LogP contribution in [0.3, 0.4) is 0 Å². The normalized spacial score (nSPS) is 13.7. The summed E-state index contributed by atoms with van der Waals surface area (Å²) in [5.41, 5.74) is 6.25. The molecule has 2 rings (SSSR count). The molecule has 1 heterocycles. The van der Waals surface area contributed by atoms with Gasteiger partial charge in [-0.2, -0.15) is 0 Å². The van der Waals surface area contributed by atoms with Gasteiger partial charge in [0.2, 0.25) is 5.91 Å². The topological polar surface area (TPSA) is 77.2 Å². The third kappa shape index (κ3) is 3.49. The van der Waals surface area contributed by atoms with Gasteiger partial charge in [-0.05, 0) is 19.8 Å². The van der Waals surface area contributed by atoms with Crippen LogP contribution in [0.25, 0.3) is 0 Å². The number of nitrogens with zero attached hydrogens (tertiary/aromatic N) is 1. The molecule has 1 aliphatic rings. The van der Waals surface area contributed by atoms with Crippen molar-refractivity contribution >= 4 is 29.8 Å². The zero-order chi connectivity index (χ0) is 11.5. The van der Waals surface area contributed by atoms with Gasteiger partial charge in [0.15, 0.2) is 5.75 Å². The molecule has 3 N–H and O–H groups in total. The molecule has 1 fully saturated rings. The molecule has 6 heteroatoms. The molecule has 0 bridgehead atoms. The number of nitrogens with one attached hydrogen (secondary N) is 1. The SMILES string of the molecule is CCOc1cnc(NC(=O)C2CC2)cc1N.Cl. The van der Waals surface area contributed by atoms with Crippen LogP contribution in [0.5, 0.6) is 5.75 Å². The Kier molecular flexibility index (Phi) is 4.57. The fourth-order valence-electron chi connectivity index (χ4n) is 1.38. The Hall–Kier alpha value is -1.49. The highest BCUT2D eigenvalue weighted by Crippen LogP contribution is 2.30. The number of amides is 1. The standard InChI is InChI=1S/C11H15N3O2.ClH/c1-2-16-9-6-13-10(5-8(9)12)14-11(15)7-3-4-7;/h5-7H,2-4H2,1H3,(H3,12,13,14,15);1H. The van der Waals surface area contributed by atoms with Crippen LogP contribution in [0.4, 0.5) is 11.5 Å². The number of hydrogen-bond donors (Lipinski definition) is 2. The van der Waals surface area contributed by atoms with Gasteiger partial charge in [0.1, 0.15) is 5.82 Å². The van der Waals surface area contributed by atoms with Crippen molar-refractivity contribution in [3.05, 3.63) is 12.3 Å². The number of aromatic nitrogens is 1. The molecule has 0 saturated heterocycles. The molecule has 0 radical (unpaired) electrons. The molecule has 1 aliphatic carbocycles. The Labute approximate surface area is 106 Å². The average molecular weight is 258 g/mol. The smallest absolute Gasteiger partial charge is 0.228 e. The fraction of sp³-hybridized carbons (Fsp3) is 0.455. The molecule has 1 saturated carbocycles. The first kappa shape index (κ1) is 13.6. The zero-order valence-electron chi connectivity index (χ0n) is 9.60. The van der Waals surface area contributed by atoms with Crippen molar-refractivity contribution in [1.29, 1.82) is 0 Å². The lowest BCUT2D eigenvalue weighted by Gasteiger charge is -2.08. The molecular weight excluding hydrogens is 242 g/mol. The lowest BCUT2D eigenvalue weighted by molar-refractivity contribution is -0.117. The van der Waals surface area contributed by atoms with Crippen LogP contribution in [0.15, 0.2) is 12.3 Å². The first-order valence-corrected chi connectivity index (χ1v) is 5.40. The summed E-state index contributed by atoms with van der Waals surface area (Å²) in [6.45, 7) is 2.42. The van der Waals surface area contributed by atoms with Gasteiger partial charge in [-0.25, -0.2) is 4.98 Å². The number of nitrogens with two attached hydrogens (primary N) is 1. The molecule has 5 nitrogen and oxygen atoms in total. The maximum atomic E-state index is 11.5. The summed E-state index contributed by atoms with van der Waals surface area (Å²) in [5, 5.41) is 2.73. The number of anilines is 2. The Bertz CT molecular complexity index is 408. The summed E-state index contributed by atoms with van der Waals surface area (Å²) in [7, 11) is 0. The van der Waals surface area contributed by atoms with E-state index in [9.17, 15) is 4.79 Å². The van der Waals surface area contributed by atoms with Crippen molar-refractivity contribution < 1.29 is 9.53 Å². The van der Waals surface area contributed by atoms with Crippen molar-refractivity contribution in [1.82, 2.24) is 4.98 Å². The molecule has 1 aromatic heterocycles. The van der Waals surface area contributed by atoms with E-state index in [0.29, 0.717) is 23.9 Å². The Balaban J connectivity index is 0.00000144. The summed E-state index contributed by atoms with van der Waals surface area (Å²) in [5.74, 6) is 1.22. The van der Waals surface area contributed by atoms with Gasteiger partial charge < -0.3 is 15.8 Å². The first-order chi connectivity index (χ1) is 7.70. The molecular formula is C11H16ClN3O2. The molecule has 1 aromatic rings. The van der Waals surface area contributed by atoms with Crippen LogP contribution in [0, 0.1) is 5.92 Å². The predicted octanol–water partition coefficient (Wildman–Crippen LogP) is 1.83. The molecule has 1 amide bonds. The number of pyridine rings is 1. The highest BCUT2D eigenvalue weighted by molar-refractivity contribution is 5.93. The van der Waals surface area contributed by atoms with Crippen LogP contribution in [-0.4, -0.2) is 17.5 Å². The number of carbonyl (C=O) groups excluding carboxylic acids is 1. The van der Waals surface area contributed by atoms with Gasteiger partial charge in [0.05, 0.1) is 18.5 Å². The second-order valence-corrected chi connectivity index (χ2v) is 3.80. The van der Waals surface area contributed by atoms with E-state index in [1.807, 2.05) is 6.92 Å². The predicted molar refractivity (Wildman–Crippen MR) is 68.4 cm³/mol. The Morgan fingerprint density at radius 3 is 2.88 bits per heavy atom. The number of carbonyl (C=O) groups is 1. The minimum Gasteiger partial charge on any atom is -0.490 e. The fourth-order valence-corrected chi connectivity index (χ4v) is 1.38. The number of nitrogen functional groups attached to an aromatic ring is 1. The van der Waals surface area contributed by atoms with Crippen molar-refractivity contribution in [2.45, 2.75) is 19.8 Å². The van der Waals surface area contributed by atoms with Crippen LogP contribution >= 0.6 is 12.4 Å². The number of ether oxygens (including phenoxy) is 1. The van der Waals surface area contributed by atoms with E-state index in [4.69, 9.17) is 10.5 Å². The van der Waals surface area contributed by atoms with Crippen molar-refractivity contribution in [2.24, 2.45) is 5.92 Å². The quantitative estimate of drug-likeness (QED) is 0.863.